The summed E-state index contributed by atoms with van der Waals surface area (Å²) in [5, 5.41) is 3.26. The topological polar surface area (TPSA) is 34.2 Å². The molecule has 20 heavy (non-hydrogen) atoms. The first-order chi connectivity index (χ1) is 9.65. The van der Waals surface area contributed by atoms with Crippen molar-refractivity contribution in [2.75, 3.05) is 14.2 Å². The van der Waals surface area contributed by atoms with Crippen LogP contribution in [0, 0.1) is 5.82 Å². The van der Waals surface area contributed by atoms with Crippen LogP contribution in [-0.2, 0) is 6.42 Å². The standard InChI is InChI=1S/C15H16BrFN2O/c1-18-14(11-5-6-19-9-15(11)20-2)8-10-3-4-13(17)12(16)7-10/h3-7,9,14,18H,8H2,1-2H3. The maximum atomic E-state index is 13.3. The van der Waals surface area contributed by atoms with Gasteiger partial charge in [-0.1, -0.05) is 6.07 Å². The van der Waals surface area contributed by atoms with Gasteiger partial charge in [-0.2, -0.15) is 0 Å². The predicted octanol–water partition coefficient (Wildman–Crippen LogP) is 3.50. The summed E-state index contributed by atoms with van der Waals surface area (Å²) in [6.45, 7) is 0. The molecule has 0 aliphatic carbocycles. The Balaban J connectivity index is 2.26. The first kappa shape index (κ1) is 14.9. The van der Waals surface area contributed by atoms with E-state index in [2.05, 4.69) is 26.2 Å². The summed E-state index contributed by atoms with van der Waals surface area (Å²) in [6, 6.07) is 7.06. The van der Waals surface area contributed by atoms with E-state index >= 15 is 0 Å². The zero-order valence-corrected chi connectivity index (χ0v) is 12.9. The summed E-state index contributed by atoms with van der Waals surface area (Å²) in [6.07, 6.45) is 4.17. The minimum absolute atomic E-state index is 0.0744. The molecule has 1 aromatic heterocycles. The molecule has 1 aromatic carbocycles. The van der Waals surface area contributed by atoms with E-state index in [0.717, 1.165) is 23.3 Å². The van der Waals surface area contributed by atoms with Crippen molar-refractivity contribution >= 4 is 15.9 Å². The summed E-state index contributed by atoms with van der Waals surface area (Å²) in [5.41, 5.74) is 2.07. The second kappa shape index (κ2) is 6.81. The number of aromatic nitrogens is 1. The Morgan fingerprint density at radius 3 is 2.85 bits per heavy atom. The van der Waals surface area contributed by atoms with Crippen molar-refractivity contribution in [1.29, 1.82) is 0 Å². The van der Waals surface area contributed by atoms with E-state index in [1.807, 2.05) is 13.1 Å². The van der Waals surface area contributed by atoms with Crippen molar-refractivity contribution < 1.29 is 9.13 Å². The maximum Gasteiger partial charge on any atom is 0.141 e. The number of benzene rings is 1. The first-order valence-corrected chi connectivity index (χ1v) is 7.04. The number of methoxy groups -OCH3 is 1. The Labute approximate surface area is 126 Å². The Hall–Kier alpha value is -1.46. The first-order valence-electron chi connectivity index (χ1n) is 6.24. The fourth-order valence-corrected chi connectivity index (χ4v) is 2.55. The average molecular weight is 339 g/mol. The van der Waals surface area contributed by atoms with E-state index < -0.39 is 0 Å². The van der Waals surface area contributed by atoms with Crippen molar-refractivity contribution in [1.82, 2.24) is 10.3 Å². The Morgan fingerprint density at radius 2 is 2.20 bits per heavy atom. The van der Waals surface area contributed by atoms with Crippen molar-refractivity contribution in [3.63, 3.8) is 0 Å². The van der Waals surface area contributed by atoms with Gasteiger partial charge in [0.05, 0.1) is 17.8 Å². The lowest BCUT2D eigenvalue weighted by Crippen LogP contribution is -2.19. The van der Waals surface area contributed by atoms with Crippen LogP contribution in [0.3, 0.4) is 0 Å². The highest BCUT2D eigenvalue weighted by atomic mass is 79.9. The van der Waals surface area contributed by atoms with Crippen LogP contribution >= 0.6 is 15.9 Å². The third kappa shape index (κ3) is 3.35. The van der Waals surface area contributed by atoms with Crippen LogP contribution in [0.1, 0.15) is 17.2 Å². The smallest absolute Gasteiger partial charge is 0.141 e. The van der Waals surface area contributed by atoms with E-state index in [0.29, 0.717) is 4.47 Å². The van der Waals surface area contributed by atoms with Gasteiger partial charge in [-0.05, 0) is 53.2 Å². The third-order valence-electron chi connectivity index (χ3n) is 3.18. The summed E-state index contributed by atoms with van der Waals surface area (Å²) in [7, 11) is 3.52. The number of rotatable bonds is 5. The van der Waals surface area contributed by atoms with Gasteiger partial charge < -0.3 is 10.1 Å². The number of likely N-dealkylation sites (N-methyl/N-ethyl adjacent to an activating group) is 1. The van der Waals surface area contributed by atoms with E-state index in [1.165, 1.54) is 6.07 Å². The molecule has 1 unspecified atom stereocenters. The summed E-state index contributed by atoms with van der Waals surface area (Å²) >= 11 is 3.21. The van der Waals surface area contributed by atoms with Crippen molar-refractivity contribution in [3.8, 4) is 5.75 Å². The molecule has 0 radical (unpaired) electrons. The number of halogens is 2. The average Bonchev–Trinajstić information content (AvgIpc) is 2.48. The summed E-state index contributed by atoms with van der Waals surface area (Å²) < 4.78 is 19.1. The highest BCUT2D eigenvalue weighted by Crippen LogP contribution is 2.27. The van der Waals surface area contributed by atoms with Crippen LogP contribution in [0.25, 0.3) is 0 Å². The molecule has 106 valence electrons. The van der Waals surface area contributed by atoms with Crippen LogP contribution in [0.4, 0.5) is 4.39 Å². The number of nitrogens with zero attached hydrogens (tertiary/aromatic N) is 1. The summed E-state index contributed by atoms with van der Waals surface area (Å²) in [5.74, 6) is 0.490. The van der Waals surface area contributed by atoms with Crippen LogP contribution in [0.15, 0.2) is 41.1 Å². The molecule has 0 bridgehead atoms. The van der Waals surface area contributed by atoms with Crippen molar-refractivity contribution in [3.05, 3.63) is 58.1 Å². The Bertz CT molecular complexity index is 592. The fourth-order valence-electron chi connectivity index (χ4n) is 2.12. The fraction of sp³-hybridized carbons (Fsp3) is 0.267. The maximum absolute atomic E-state index is 13.3. The highest BCUT2D eigenvalue weighted by molar-refractivity contribution is 9.10. The monoisotopic (exact) mass is 338 g/mol. The molecule has 1 atom stereocenters. The minimum Gasteiger partial charge on any atom is -0.495 e. The molecule has 2 rings (SSSR count). The number of hydrogen-bond donors (Lipinski definition) is 1. The Morgan fingerprint density at radius 1 is 1.40 bits per heavy atom. The number of hydrogen-bond acceptors (Lipinski definition) is 3. The molecule has 0 saturated heterocycles. The molecule has 1 heterocycles. The summed E-state index contributed by atoms with van der Waals surface area (Å²) in [4.78, 5) is 4.06. The second-order valence-electron chi connectivity index (χ2n) is 4.41. The van der Waals surface area contributed by atoms with Gasteiger partial charge in [0.1, 0.15) is 11.6 Å². The molecule has 0 fully saturated rings. The number of pyridine rings is 1. The van der Waals surface area contributed by atoms with Gasteiger partial charge in [0.2, 0.25) is 0 Å². The van der Waals surface area contributed by atoms with Crippen molar-refractivity contribution in [2.45, 2.75) is 12.5 Å². The van der Waals surface area contributed by atoms with Gasteiger partial charge in [-0.15, -0.1) is 0 Å². The lowest BCUT2D eigenvalue weighted by Gasteiger charge is -2.19. The molecular formula is C15H16BrFN2O. The molecule has 0 saturated carbocycles. The van der Waals surface area contributed by atoms with Gasteiger partial charge in [-0.25, -0.2) is 4.39 Å². The Kier molecular flexibility index (Phi) is 5.09. The molecular weight excluding hydrogens is 323 g/mol. The van der Waals surface area contributed by atoms with Crippen LogP contribution in [0.5, 0.6) is 5.75 Å². The molecule has 2 aromatic rings. The molecule has 1 N–H and O–H groups in total. The molecule has 3 nitrogen and oxygen atoms in total. The van der Waals surface area contributed by atoms with Gasteiger partial charge in [0.15, 0.2) is 0 Å². The molecule has 0 aliphatic rings. The lowest BCUT2D eigenvalue weighted by atomic mass is 9.99. The second-order valence-corrected chi connectivity index (χ2v) is 5.27. The van der Waals surface area contributed by atoms with Gasteiger partial charge in [0, 0.05) is 17.8 Å². The molecule has 5 heteroatoms. The van der Waals surface area contributed by atoms with Gasteiger partial charge in [0.25, 0.3) is 0 Å². The van der Waals surface area contributed by atoms with E-state index in [1.54, 1.807) is 31.6 Å². The predicted molar refractivity (Wildman–Crippen MR) is 80.4 cm³/mol. The normalized spacial score (nSPS) is 12.2. The number of nitrogens with one attached hydrogen (secondary N) is 1. The van der Waals surface area contributed by atoms with Crippen molar-refractivity contribution in [2.24, 2.45) is 0 Å². The minimum atomic E-state index is -0.253. The third-order valence-corrected chi connectivity index (χ3v) is 3.79. The van der Waals surface area contributed by atoms with Crippen LogP contribution in [-0.4, -0.2) is 19.1 Å². The van der Waals surface area contributed by atoms with E-state index in [9.17, 15) is 4.39 Å². The molecule has 0 amide bonds. The van der Waals surface area contributed by atoms with Crippen LogP contribution in [0.2, 0.25) is 0 Å². The molecule has 0 aliphatic heterocycles. The molecule has 0 spiro atoms. The zero-order valence-electron chi connectivity index (χ0n) is 11.4. The van der Waals surface area contributed by atoms with E-state index in [4.69, 9.17) is 4.74 Å². The van der Waals surface area contributed by atoms with Gasteiger partial charge in [-0.3, -0.25) is 4.98 Å². The van der Waals surface area contributed by atoms with Gasteiger partial charge >= 0.3 is 0 Å². The number of ether oxygens (including phenoxy) is 1. The largest absolute Gasteiger partial charge is 0.495 e. The zero-order chi connectivity index (χ0) is 14.5. The highest BCUT2D eigenvalue weighted by Gasteiger charge is 2.15. The quantitative estimate of drug-likeness (QED) is 0.905. The van der Waals surface area contributed by atoms with Crippen LogP contribution < -0.4 is 10.1 Å². The lowest BCUT2D eigenvalue weighted by molar-refractivity contribution is 0.399. The SMILES string of the molecule is CNC(Cc1ccc(F)c(Br)c1)c1ccncc1OC. The van der Waals surface area contributed by atoms with E-state index in [-0.39, 0.29) is 11.9 Å².